The lowest BCUT2D eigenvalue weighted by Gasteiger charge is -2.25. The van der Waals surface area contributed by atoms with E-state index in [1.54, 1.807) is 33.9 Å². The zero-order valence-electron chi connectivity index (χ0n) is 19.3. The Bertz CT molecular complexity index is 1410. The maximum Gasteiger partial charge on any atom is 0.258 e. The van der Waals surface area contributed by atoms with Gasteiger partial charge in [0, 0.05) is 17.7 Å². The number of amides is 1. The first-order chi connectivity index (χ1) is 16.3. The zero-order valence-corrected chi connectivity index (χ0v) is 20.1. The number of nitrogens with zero attached hydrogens (tertiary/aromatic N) is 4. The van der Waals surface area contributed by atoms with E-state index in [2.05, 4.69) is 15.1 Å². The highest BCUT2D eigenvalue weighted by Crippen LogP contribution is 2.22. The lowest BCUT2D eigenvalue weighted by molar-refractivity contribution is -0.128. The van der Waals surface area contributed by atoms with Crippen molar-refractivity contribution in [2.45, 2.75) is 39.9 Å². The SMILES string of the molecule is Cc1nn(Cc2ccccc2)c(Cl)c1/C=C/C(=O)N(Cc1nc2ccccc2c(=O)[nH]1)C(C)C. The number of nitrogens with one attached hydrogen (secondary N) is 1. The Kier molecular flexibility index (Phi) is 6.93. The molecular weight excluding hydrogens is 450 g/mol. The molecule has 2 aromatic heterocycles. The summed E-state index contributed by atoms with van der Waals surface area (Å²) in [5, 5.41) is 5.52. The van der Waals surface area contributed by atoms with E-state index in [4.69, 9.17) is 11.6 Å². The molecule has 0 aliphatic heterocycles. The summed E-state index contributed by atoms with van der Waals surface area (Å²) in [6.45, 7) is 6.42. The Morgan fingerprint density at radius 3 is 2.59 bits per heavy atom. The fourth-order valence-corrected chi connectivity index (χ4v) is 4.05. The van der Waals surface area contributed by atoms with Crippen LogP contribution >= 0.6 is 11.6 Å². The second-order valence-electron chi connectivity index (χ2n) is 8.36. The Labute approximate surface area is 202 Å². The van der Waals surface area contributed by atoms with Crippen LogP contribution in [0.4, 0.5) is 0 Å². The number of para-hydroxylation sites is 1. The van der Waals surface area contributed by atoms with Crippen LogP contribution in [0.25, 0.3) is 17.0 Å². The lowest BCUT2D eigenvalue weighted by atomic mass is 10.2. The van der Waals surface area contributed by atoms with Crippen LogP contribution in [0.2, 0.25) is 5.15 Å². The molecule has 0 aliphatic carbocycles. The van der Waals surface area contributed by atoms with Gasteiger partial charge in [0.05, 0.1) is 29.7 Å². The first kappa shape index (κ1) is 23.4. The van der Waals surface area contributed by atoms with E-state index >= 15 is 0 Å². The largest absolute Gasteiger partial charge is 0.329 e. The predicted molar refractivity (Wildman–Crippen MR) is 135 cm³/mol. The van der Waals surface area contributed by atoms with Gasteiger partial charge in [0.15, 0.2) is 0 Å². The minimum Gasteiger partial charge on any atom is -0.329 e. The molecular formula is C26H26ClN5O2. The quantitative estimate of drug-likeness (QED) is 0.396. The van der Waals surface area contributed by atoms with Gasteiger partial charge in [-0.3, -0.25) is 9.59 Å². The number of halogens is 1. The molecule has 1 amide bonds. The number of carbonyl (C=O) groups is 1. The predicted octanol–water partition coefficient (Wildman–Crippen LogP) is 4.58. The lowest BCUT2D eigenvalue weighted by Crippen LogP contribution is -2.36. The van der Waals surface area contributed by atoms with Gasteiger partial charge in [0.2, 0.25) is 5.91 Å². The van der Waals surface area contributed by atoms with Crippen molar-refractivity contribution < 1.29 is 4.79 Å². The monoisotopic (exact) mass is 475 g/mol. The summed E-state index contributed by atoms with van der Waals surface area (Å²) in [4.78, 5) is 34.4. The number of carbonyl (C=O) groups excluding carboxylic acids is 1. The van der Waals surface area contributed by atoms with Crippen molar-refractivity contribution in [2.75, 3.05) is 0 Å². The summed E-state index contributed by atoms with van der Waals surface area (Å²) in [6, 6.07) is 17.0. The highest BCUT2D eigenvalue weighted by Gasteiger charge is 2.18. The molecule has 0 bridgehead atoms. The van der Waals surface area contributed by atoms with Gasteiger partial charge in [-0.2, -0.15) is 5.10 Å². The topological polar surface area (TPSA) is 83.9 Å². The van der Waals surface area contributed by atoms with E-state index in [0.29, 0.717) is 34.0 Å². The molecule has 174 valence electrons. The molecule has 0 aliphatic rings. The number of hydrogen-bond donors (Lipinski definition) is 1. The molecule has 0 unspecified atom stereocenters. The number of rotatable bonds is 7. The summed E-state index contributed by atoms with van der Waals surface area (Å²) < 4.78 is 1.72. The standard InChI is InChI=1S/C26H26ClN5O2/c1-17(2)31(16-23-28-22-12-8-7-11-21(22)26(34)29-23)24(33)14-13-20-18(3)30-32(25(20)27)15-19-9-5-4-6-10-19/h4-14,17H,15-16H2,1-3H3,(H,28,29,34)/b14-13+. The van der Waals surface area contributed by atoms with E-state index in [9.17, 15) is 9.59 Å². The van der Waals surface area contributed by atoms with Crippen molar-refractivity contribution >= 4 is 34.5 Å². The van der Waals surface area contributed by atoms with Gasteiger partial charge in [0.25, 0.3) is 5.56 Å². The van der Waals surface area contributed by atoms with Gasteiger partial charge in [0.1, 0.15) is 11.0 Å². The molecule has 2 aromatic carbocycles. The van der Waals surface area contributed by atoms with Gasteiger partial charge in [-0.05, 0) is 44.5 Å². The highest BCUT2D eigenvalue weighted by molar-refractivity contribution is 6.31. The van der Waals surface area contributed by atoms with Crippen molar-refractivity contribution in [3.8, 4) is 0 Å². The van der Waals surface area contributed by atoms with Crippen LogP contribution in [0.5, 0.6) is 0 Å². The Morgan fingerprint density at radius 1 is 1.15 bits per heavy atom. The number of hydrogen-bond acceptors (Lipinski definition) is 4. The number of aromatic nitrogens is 4. The van der Waals surface area contributed by atoms with Crippen LogP contribution < -0.4 is 5.56 Å². The number of aromatic amines is 1. The van der Waals surface area contributed by atoms with Crippen LogP contribution in [0.15, 0.2) is 65.5 Å². The minimum absolute atomic E-state index is 0.105. The van der Waals surface area contributed by atoms with Gasteiger partial charge in [-0.25, -0.2) is 9.67 Å². The molecule has 0 saturated heterocycles. The van der Waals surface area contributed by atoms with Crippen LogP contribution in [0.1, 0.15) is 36.5 Å². The van der Waals surface area contributed by atoms with E-state index in [1.165, 1.54) is 6.08 Å². The molecule has 1 N–H and O–H groups in total. The third-order valence-electron chi connectivity index (χ3n) is 5.57. The highest BCUT2D eigenvalue weighted by atomic mass is 35.5. The molecule has 7 nitrogen and oxygen atoms in total. The van der Waals surface area contributed by atoms with Crippen molar-refractivity contribution in [1.29, 1.82) is 0 Å². The molecule has 0 fully saturated rings. The van der Waals surface area contributed by atoms with Crippen LogP contribution in [-0.2, 0) is 17.9 Å². The fourth-order valence-electron chi connectivity index (χ4n) is 3.75. The third kappa shape index (κ3) is 5.10. The number of benzene rings is 2. The first-order valence-corrected chi connectivity index (χ1v) is 11.4. The molecule has 0 radical (unpaired) electrons. The van der Waals surface area contributed by atoms with E-state index in [1.807, 2.05) is 57.2 Å². The second kappa shape index (κ2) is 10.1. The Hall–Kier alpha value is -3.71. The van der Waals surface area contributed by atoms with Crippen molar-refractivity contribution in [3.63, 3.8) is 0 Å². The normalized spacial score (nSPS) is 11.6. The van der Waals surface area contributed by atoms with Gasteiger partial charge >= 0.3 is 0 Å². The first-order valence-electron chi connectivity index (χ1n) is 11.1. The molecule has 0 atom stereocenters. The maximum absolute atomic E-state index is 13.1. The number of H-pyrrole nitrogens is 1. The van der Waals surface area contributed by atoms with E-state index in [0.717, 1.165) is 11.3 Å². The molecule has 8 heteroatoms. The van der Waals surface area contributed by atoms with E-state index < -0.39 is 0 Å². The number of fused-ring (bicyclic) bond motifs is 1. The fraction of sp³-hybridized carbons (Fsp3) is 0.231. The Balaban J connectivity index is 1.54. The van der Waals surface area contributed by atoms with Crippen LogP contribution in [-0.4, -0.2) is 36.6 Å². The summed E-state index contributed by atoms with van der Waals surface area (Å²) in [7, 11) is 0. The molecule has 2 heterocycles. The van der Waals surface area contributed by atoms with Gasteiger partial charge < -0.3 is 9.88 Å². The third-order valence-corrected chi connectivity index (χ3v) is 5.96. The maximum atomic E-state index is 13.1. The minimum atomic E-state index is -0.222. The van der Waals surface area contributed by atoms with Gasteiger partial charge in [-0.1, -0.05) is 54.1 Å². The summed E-state index contributed by atoms with van der Waals surface area (Å²) in [5.74, 6) is 0.223. The summed E-state index contributed by atoms with van der Waals surface area (Å²) in [6.07, 6.45) is 3.18. The zero-order chi connectivity index (χ0) is 24.2. The Morgan fingerprint density at radius 2 is 1.85 bits per heavy atom. The van der Waals surface area contributed by atoms with Crippen molar-refractivity contribution in [2.24, 2.45) is 0 Å². The molecule has 0 spiro atoms. The smallest absolute Gasteiger partial charge is 0.258 e. The summed E-state index contributed by atoms with van der Waals surface area (Å²) in [5.41, 5.74) is 2.90. The molecule has 34 heavy (non-hydrogen) atoms. The number of aryl methyl sites for hydroxylation is 1. The van der Waals surface area contributed by atoms with Gasteiger partial charge in [-0.15, -0.1) is 0 Å². The van der Waals surface area contributed by atoms with E-state index in [-0.39, 0.29) is 24.1 Å². The van der Waals surface area contributed by atoms with Crippen LogP contribution in [0.3, 0.4) is 0 Å². The molecule has 4 rings (SSSR count). The molecule has 0 saturated carbocycles. The molecule has 4 aromatic rings. The van der Waals surface area contributed by atoms with Crippen molar-refractivity contribution in [1.82, 2.24) is 24.6 Å². The van der Waals surface area contributed by atoms with Crippen molar-refractivity contribution in [3.05, 3.63) is 98.8 Å². The summed E-state index contributed by atoms with van der Waals surface area (Å²) >= 11 is 6.58. The average Bonchev–Trinajstić information content (AvgIpc) is 3.08. The average molecular weight is 476 g/mol. The second-order valence-corrected chi connectivity index (χ2v) is 8.71. The van der Waals surface area contributed by atoms with Crippen LogP contribution in [0, 0.1) is 6.92 Å².